The van der Waals surface area contributed by atoms with E-state index in [2.05, 4.69) is 44.2 Å². The molecule has 0 radical (unpaired) electrons. The van der Waals surface area contributed by atoms with Crippen LogP contribution >= 0.6 is 7.82 Å². The topological polar surface area (TPSA) is 210 Å². The highest BCUT2D eigenvalue weighted by atomic mass is 31.2. The number of phosphoric ester groups is 1. The largest absolute Gasteiger partial charge is 0.472 e. The van der Waals surface area contributed by atoms with Gasteiger partial charge in [0, 0.05) is 12.8 Å². The van der Waals surface area contributed by atoms with E-state index in [9.17, 15) is 44.6 Å². The molecule has 8 atom stereocenters. The second-order valence-corrected chi connectivity index (χ2v) is 20.1. The molecule has 1 saturated carbocycles. The summed E-state index contributed by atoms with van der Waals surface area (Å²) in [5.74, 6) is -1.17. The van der Waals surface area contributed by atoms with Crippen LogP contribution in [0.3, 0.4) is 0 Å². The Morgan fingerprint density at radius 1 is 0.448 bits per heavy atom. The standard InChI is InChI=1S/C53H97O13P/c1-3-5-7-9-11-13-15-17-19-20-21-22-23-24-25-26-28-29-31-33-35-37-39-41-46(54)63-43-45(44-64-67(61,62)66-53-51(59)49(57)48(56)50(58)52(53)60)65-47(55)42-40-38-36-34-32-30-27-18-16-14-12-10-8-6-4-2/h26,28,32-35,45,48-53,56-60H,3-25,27,29-31,36-44H2,1-2H3,(H,61,62)/b28-26+,34-32+,35-33+/t45-,48?,49-,50?,51?,52?,53?/m0/s1. The smallest absolute Gasteiger partial charge is 0.462 e. The van der Waals surface area contributed by atoms with E-state index in [1.807, 2.05) is 6.08 Å². The first kappa shape index (κ1) is 63.1. The van der Waals surface area contributed by atoms with Gasteiger partial charge < -0.3 is 39.9 Å². The third-order valence-electron chi connectivity index (χ3n) is 12.4. The van der Waals surface area contributed by atoms with Crippen molar-refractivity contribution in [2.45, 2.75) is 275 Å². The van der Waals surface area contributed by atoms with Gasteiger partial charge in [-0.3, -0.25) is 18.6 Å². The lowest BCUT2D eigenvalue weighted by Gasteiger charge is -2.41. The Balaban J connectivity index is 2.39. The number of aliphatic hydroxyl groups excluding tert-OH is 5. The van der Waals surface area contributed by atoms with E-state index in [4.69, 9.17) is 18.5 Å². The van der Waals surface area contributed by atoms with Crippen LogP contribution in [-0.4, -0.2) is 98.3 Å². The van der Waals surface area contributed by atoms with E-state index in [0.29, 0.717) is 19.3 Å². The van der Waals surface area contributed by atoms with Crippen molar-refractivity contribution in [2.24, 2.45) is 0 Å². The highest BCUT2D eigenvalue weighted by Gasteiger charge is 2.51. The molecule has 0 saturated heterocycles. The van der Waals surface area contributed by atoms with E-state index >= 15 is 0 Å². The van der Waals surface area contributed by atoms with E-state index in [0.717, 1.165) is 38.5 Å². The van der Waals surface area contributed by atoms with Gasteiger partial charge in [-0.05, 0) is 70.6 Å². The number of unbranched alkanes of at least 4 members (excludes halogenated alkanes) is 27. The lowest BCUT2D eigenvalue weighted by Crippen LogP contribution is -2.64. The summed E-state index contributed by atoms with van der Waals surface area (Å²) in [6.07, 6.45) is 37.9. The summed E-state index contributed by atoms with van der Waals surface area (Å²) in [5.41, 5.74) is 0. The quantitative estimate of drug-likeness (QED) is 0.0145. The number of esters is 2. The lowest BCUT2D eigenvalue weighted by molar-refractivity contribution is -0.220. The zero-order valence-electron chi connectivity index (χ0n) is 41.9. The fourth-order valence-corrected chi connectivity index (χ4v) is 9.10. The highest BCUT2D eigenvalue weighted by molar-refractivity contribution is 7.47. The molecule has 1 rings (SSSR count). The summed E-state index contributed by atoms with van der Waals surface area (Å²) in [6, 6.07) is 0. The van der Waals surface area contributed by atoms with Crippen LogP contribution in [-0.2, 0) is 32.7 Å². The Hall–Kier alpha value is -1.93. The summed E-state index contributed by atoms with van der Waals surface area (Å²) in [6.45, 7) is 3.28. The van der Waals surface area contributed by atoms with Gasteiger partial charge in [0.05, 0.1) is 6.61 Å². The van der Waals surface area contributed by atoms with Gasteiger partial charge in [0.1, 0.15) is 43.2 Å². The minimum absolute atomic E-state index is 0.0595. The van der Waals surface area contributed by atoms with Crippen molar-refractivity contribution in [3.8, 4) is 0 Å². The van der Waals surface area contributed by atoms with Gasteiger partial charge in [-0.15, -0.1) is 0 Å². The first-order chi connectivity index (χ1) is 32.4. The molecule has 0 bridgehead atoms. The number of hydrogen-bond acceptors (Lipinski definition) is 12. The average molecular weight is 973 g/mol. The van der Waals surface area contributed by atoms with Crippen LogP contribution in [0, 0.1) is 0 Å². The first-order valence-corrected chi connectivity index (χ1v) is 28.3. The molecule has 0 aromatic carbocycles. The molecule has 1 aliphatic rings. The Labute approximate surface area is 406 Å². The van der Waals surface area contributed by atoms with Crippen LogP contribution in [0.2, 0.25) is 0 Å². The van der Waals surface area contributed by atoms with E-state index < -0.39 is 75.7 Å². The van der Waals surface area contributed by atoms with Crippen molar-refractivity contribution in [1.82, 2.24) is 0 Å². The van der Waals surface area contributed by atoms with Crippen molar-refractivity contribution in [1.29, 1.82) is 0 Å². The second kappa shape index (κ2) is 42.9. The van der Waals surface area contributed by atoms with E-state index in [1.54, 1.807) is 0 Å². The molecule has 6 N–H and O–H groups in total. The second-order valence-electron chi connectivity index (χ2n) is 18.7. The average Bonchev–Trinajstić information content (AvgIpc) is 3.31. The maximum absolute atomic E-state index is 12.8. The Kier molecular flexibility index (Phi) is 40.4. The van der Waals surface area contributed by atoms with Crippen molar-refractivity contribution >= 4 is 19.8 Å². The molecular formula is C53H97O13P. The van der Waals surface area contributed by atoms with Crippen molar-refractivity contribution in [2.75, 3.05) is 13.2 Å². The molecule has 6 unspecified atom stereocenters. The molecule has 0 amide bonds. The monoisotopic (exact) mass is 973 g/mol. The number of aliphatic hydroxyl groups is 5. The van der Waals surface area contributed by atoms with Gasteiger partial charge >= 0.3 is 19.8 Å². The molecule has 1 fully saturated rings. The molecule has 0 spiro atoms. The fraction of sp³-hybridized carbons (Fsp3) is 0.849. The maximum atomic E-state index is 12.8. The molecule has 0 aromatic rings. The summed E-state index contributed by atoms with van der Waals surface area (Å²) < 4.78 is 33.6. The molecule has 13 nitrogen and oxygen atoms in total. The number of carbonyl (C=O) groups is 2. The molecule has 1 aliphatic carbocycles. The molecule has 392 valence electrons. The molecule has 0 aromatic heterocycles. The maximum Gasteiger partial charge on any atom is 0.472 e. The molecule has 14 heteroatoms. The number of ether oxygens (including phenoxy) is 2. The van der Waals surface area contributed by atoms with Crippen LogP contribution < -0.4 is 0 Å². The van der Waals surface area contributed by atoms with Gasteiger partial charge in [-0.2, -0.15) is 0 Å². The lowest BCUT2D eigenvalue weighted by atomic mass is 9.85. The van der Waals surface area contributed by atoms with Crippen molar-refractivity contribution in [3.63, 3.8) is 0 Å². The van der Waals surface area contributed by atoms with Crippen LogP contribution in [0.15, 0.2) is 36.5 Å². The van der Waals surface area contributed by atoms with Crippen LogP contribution in [0.4, 0.5) is 0 Å². The summed E-state index contributed by atoms with van der Waals surface area (Å²) in [7, 11) is -5.13. The molecule has 0 aliphatic heterocycles. The number of rotatable bonds is 45. The SMILES string of the molecule is CCCCCCCCCCC/C=C/CCCCC(=O)O[C@@H](COC(=O)CCC/C=C/CC/C=C/CCCCCCCCCCCCCCCC)COP(=O)(O)OC1C(O)C(O)C(O)[C@H](O)C1O. The number of allylic oxidation sites excluding steroid dienone is 6. The van der Waals surface area contributed by atoms with Gasteiger partial charge in [0.2, 0.25) is 0 Å². The minimum Gasteiger partial charge on any atom is -0.462 e. The molecular weight excluding hydrogens is 876 g/mol. The van der Waals surface area contributed by atoms with Crippen LogP contribution in [0.5, 0.6) is 0 Å². The zero-order chi connectivity index (χ0) is 49.2. The van der Waals surface area contributed by atoms with Gasteiger partial charge in [0.25, 0.3) is 0 Å². The molecule has 0 heterocycles. The zero-order valence-corrected chi connectivity index (χ0v) is 42.8. The third kappa shape index (κ3) is 34.9. The first-order valence-electron chi connectivity index (χ1n) is 26.8. The Bertz CT molecular complexity index is 1310. The molecule has 67 heavy (non-hydrogen) atoms. The summed E-state index contributed by atoms with van der Waals surface area (Å²) in [5, 5.41) is 50.3. The third-order valence-corrected chi connectivity index (χ3v) is 13.4. The van der Waals surface area contributed by atoms with E-state index in [1.165, 1.54) is 148 Å². The van der Waals surface area contributed by atoms with Crippen molar-refractivity contribution < 1.29 is 63.1 Å². The minimum atomic E-state index is -5.13. The van der Waals surface area contributed by atoms with Gasteiger partial charge in [-0.25, -0.2) is 4.57 Å². The summed E-state index contributed by atoms with van der Waals surface area (Å²) in [4.78, 5) is 35.8. The number of phosphoric acid groups is 1. The van der Waals surface area contributed by atoms with Gasteiger partial charge in [0.15, 0.2) is 6.10 Å². The predicted molar refractivity (Wildman–Crippen MR) is 267 cm³/mol. The normalized spacial score (nSPS) is 21.4. The predicted octanol–water partition coefficient (Wildman–Crippen LogP) is 11.7. The fourth-order valence-electron chi connectivity index (χ4n) is 8.13. The van der Waals surface area contributed by atoms with Crippen LogP contribution in [0.25, 0.3) is 0 Å². The van der Waals surface area contributed by atoms with Crippen molar-refractivity contribution in [3.05, 3.63) is 36.5 Å². The highest BCUT2D eigenvalue weighted by Crippen LogP contribution is 2.47. The Morgan fingerprint density at radius 3 is 1.22 bits per heavy atom. The number of carbonyl (C=O) groups excluding carboxylic acids is 2. The summed E-state index contributed by atoms with van der Waals surface area (Å²) >= 11 is 0. The Morgan fingerprint density at radius 2 is 0.791 bits per heavy atom. The van der Waals surface area contributed by atoms with Crippen LogP contribution in [0.1, 0.15) is 232 Å². The number of hydrogen-bond donors (Lipinski definition) is 6. The van der Waals surface area contributed by atoms with E-state index in [-0.39, 0.29) is 12.8 Å². The van der Waals surface area contributed by atoms with Gasteiger partial charge in [-0.1, -0.05) is 185 Å².